The van der Waals surface area contributed by atoms with E-state index in [1.54, 1.807) is 30.4 Å². The predicted molar refractivity (Wildman–Crippen MR) is 119 cm³/mol. The second-order valence-corrected chi connectivity index (χ2v) is 8.34. The van der Waals surface area contributed by atoms with Gasteiger partial charge in [0.25, 0.3) is 11.5 Å². The quantitative estimate of drug-likeness (QED) is 0.548. The van der Waals surface area contributed by atoms with Crippen LogP contribution in [-0.2, 0) is 6.54 Å². The number of aromatic amines is 1. The van der Waals surface area contributed by atoms with Gasteiger partial charge in [-0.1, -0.05) is 25.3 Å². The number of hydrogen-bond donors (Lipinski definition) is 1. The number of benzene rings is 1. The highest BCUT2D eigenvalue weighted by Gasteiger charge is 2.22. The zero-order valence-corrected chi connectivity index (χ0v) is 17.5. The number of nitrogens with zero attached hydrogens (tertiary/aromatic N) is 4. The number of rotatable bonds is 4. The third-order valence-electron chi connectivity index (χ3n) is 6.20. The standard InChI is InChI=1S/C24H25N5O2/c1-28(15-18-9-5-6-12-25-18)24(31)17-10-11-19-20(13-17)29-21(23(30)27-19)14-26-22(29)16-7-3-2-4-8-16/h5-6,9-14,16H,2-4,7-8,15H2,1H3,(H,27,30). The molecule has 0 aliphatic heterocycles. The number of pyridine rings is 1. The summed E-state index contributed by atoms with van der Waals surface area (Å²) >= 11 is 0. The molecule has 5 rings (SSSR count). The summed E-state index contributed by atoms with van der Waals surface area (Å²) in [4.78, 5) is 39.3. The molecule has 4 aromatic rings. The van der Waals surface area contributed by atoms with Crippen molar-refractivity contribution in [3.63, 3.8) is 0 Å². The Morgan fingerprint density at radius 2 is 1.97 bits per heavy atom. The molecule has 0 spiro atoms. The third-order valence-corrected chi connectivity index (χ3v) is 6.20. The lowest BCUT2D eigenvalue weighted by Crippen LogP contribution is -2.26. The van der Waals surface area contributed by atoms with Crippen molar-refractivity contribution >= 4 is 22.5 Å². The zero-order valence-electron chi connectivity index (χ0n) is 17.5. The second kappa shape index (κ2) is 7.98. The molecular weight excluding hydrogens is 390 g/mol. The summed E-state index contributed by atoms with van der Waals surface area (Å²) in [6.07, 6.45) is 9.16. The highest BCUT2D eigenvalue weighted by atomic mass is 16.2. The normalized spacial score (nSPS) is 14.9. The summed E-state index contributed by atoms with van der Waals surface area (Å²) in [5.74, 6) is 1.18. The van der Waals surface area contributed by atoms with Crippen LogP contribution in [0.2, 0.25) is 0 Å². The number of carbonyl (C=O) groups is 1. The summed E-state index contributed by atoms with van der Waals surface area (Å²) < 4.78 is 1.96. The van der Waals surface area contributed by atoms with Crippen molar-refractivity contribution in [2.24, 2.45) is 0 Å². The van der Waals surface area contributed by atoms with Gasteiger partial charge in [-0.2, -0.15) is 0 Å². The molecule has 3 aromatic heterocycles. The average molecular weight is 415 g/mol. The minimum atomic E-state index is -0.159. The summed E-state index contributed by atoms with van der Waals surface area (Å²) in [7, 11) is 1.77. The lowest BCUT2D eigenvalue weighted by Gasteiger charge is -2.21. The molecule has 158 valence electrons. The molecule has 1 amide bonds. The molecular formula is C24H25N5O2. The van der Waals surface area contributed by atoms with E-state index in [1.165, 1.54) is 19.3 Å². The van der Waals surface area contributed by atoms with Gasteiger partial charge in [-0.3, -0.25) is 19.0 Å². The minimum absolute atomic E-state index is 0.0914. The van der Waals surface area contributed by atoms with Gasteiger partial charge in [0.15, 0.2) is 0 Å². The second-order valence-electron chi connectivity index (χ2n) is 8.34. The molecule has 7 nitrogen and oxygen atoms in total. The monoisotopic (exact) mass is 415 g/mol. The smallest absolute Gasteiger partial charge is 0.274 e. The van der Waals surface area contributed by atoms with Crippen LogP contribution >= 0.6 is 0 Å². The Morgan fingerprint density at radius 3 is 2.74 bits per heavy atom. The van der Waals surface area contributed by atoms with Crippen molar-refractivity contribution in [2.75, 3.05) is 7.05 Å². The average Bonchev–Trinajstić information content (AvgIpc) is 3.26. The van der Waals surface area contributed by atoms with E-state index < -0.39 is 0 Å². The number of aromatic nitrogens is 4. The SMILES string of the molecule is CN(Cc1ccccn1)C(=O)c1ccc2[nH]c(=O)c3cnc(C4CCCCC4)n3c2c1. The Hall–Kier alpha value is -3.48. The van der Waals surface area contributed by atoms with Gasteiger partial charge in [-0.05, 0) is 43.2 Å². The van der Waals surface area contributed by atoms with Crippen LogP contribution in [-0.4, -0.2) is 37.2 Å². The van der Waals surface area contributed by atoms with Gasteiger partial charge in [-0.25, -0.2) is 4.98 Å². The van der Waals surface area contributed by atoms with Crippen LogP contribution in [0, 0.1) is 0 Å². The molecule has 3 heterocycles. The topological polar surface area (TPSA) is 83.4 Å². The van der Waals surface area contributed by atoms with E-state index in [0.29, 0.717) is 29.1 Å². The van der Waals surface area contributed by atoms with Crippen molar-refractivity contribution in [1.82, 2.24) is 24.3 Å². The molecule has 1 aliphatic rings. The van der Waals surface area contributed by atoms with Gasteiger partial charge in [0.05, 0.1) is 29.5 Å². The Labute approximate surface area is 179 Å². The van der Waals surface area contributed by atoms with E-state index in [9.17, 15) is 9.59 Å². The van der Waals surface area contributed by atoms with Gasteiger partial charge < -0.3 is 9.88 Å². The van der Waals surface area contributed by atoms with Crippen LogP contribution in [0.25, 0.3) is 16.6 Å². The van der Waals surface area contributed by atoms with Gasteiger partial charge in [0.2, 0.25) is 0 Å². The predicted octanol–water partition coefficient (Wildman–Crippen LogP) is 3.89. The number of H-pyrrole nitrogens is 1. The van der Waals surface area contributed by atoms with Crippen LogP contribution < -0.4 is 5.56 Å². The number of hydrogen-bond acceptors (Lipinski definition) is 4. The fourth-order valence-electron chi connectivity index (χ4n) is 4.60. The van der Waals surface area contributed by atoms with E-state index in [2.05, 4.69) is 15.0 Å². The highest BCUT2D eigenvalue weighted by molar-refractivity contribution is 5.97. The lowest BCUT2D eigenvalue weighted by molar-refractivity contribution is 0.0783. The fraction of sp³-hybridized carbons (Fsp3) is 0.333. The summed E-state index contributed by atoms with van der Waals surface area (Å²) in [5.41, 5.74) is 3.29. The van der Waals surface area contributed by atoms with E-state index in [4.69, 9.17) is 0 Å². The molecule has 1 aromatic carbocycles. The van der Waals surface area contributed by atoms with Crippen molar-refractivity contribution in [2.45, 2.75) is 44.6 Å². The molecule has 31 heavy (non-hydrogen) atoms. The maximum atomic E-state index is 13.1. The first-order chi connectivity index (χ1) is 15.1. The summed E-state index contributed by atoms with van der Waals surface area (Å²) in [6, 6.07) is 11.1. The van der Waals surface area contributed by atoms with Gasteiger partial charge in [0, 0.05) is 24.7 Å². The van der Waals surface area contributed by atoms with Crippen LogP contribution in [0.4, 0.5) is 0 Å². The van der Waals surface area contributed by atoms with Gasteiger partial charge in [-0.15, -0.1) is 0 Å². The first-order valence-electron chi connectivity index (χ1n) is 10.8. The molecule has 1 saturated carbocycles. The zero-order chi connectivity index (χ0) is 21.4. The van der Waals surface area contributed by atoms with Crippen LogP contribution in [0.3, 0.4) is 0 Å². The summed E-state index contributed by atoms with van der Waals surface area (Å²) in [6.45, 7) is 0.428. The molecule has 0 bridgehead atoms. The van der Waals surface area contributed by atoms with E-state index in [0.717, 1.165) is 29.9 Å². The van der Waals surface area contributed by atoms with Crippen molar-refractivity contribution in [1.29, 1.82) is 0 Å². The van der Waals surface area contributed by atoms with Crippen molar-refractivity contribution in [3.8, 4) is 0 Å². The molecule has 1 N–H and O–H groups in total. The number of amides is 1. The highest BCUT2D eigenvalue weighted by Crippen LogP contribution is 2.33. The van der Waals surface area contributed by atoms with E-state index >= 15 is 0 Å². The molecule has 0 atom stereocenters. The molecule has 0 radical (unpaired) electrons. The van der Waals surface area contributed by atoms with Crippen LogP contribution in [0.15, 0.2) is 53.6 Å². The van der Waals surface area contributed by atoms with Gasteiger partial charge in [0.1, 0.15) is 11.3 Å². The van der Waals surface area contributed by atoms with E-state index in [-0.39, 0.29) is 11.5 Å². The first kappa shape index (κ1) is 19.5. The Morgan fingerprint density at radius 1 is 1.13 bits per heavy atom. The van der Waals surface area contributed by atoms with Crippen LogP contribution in [0.5, 0.6) is 0 Å². The van der Waals surface area contributed by atoms with Gasteiger partial charge >= 0.3 is 0 Å². The maximum Gasteiger partial charge on any atom is 0.274 e. The Bertz CT molecular complexity index is 1300. The number of imidazole rings is 1. The number of fused-ring (bicyclic) bond motifs is 3. The first-order valence-corrected chi connectivity index (χ1v) is 10.8. The minimum Gasteiger partial charge on any atom is -0.336 e. The Balaban J connectivity index is 1.57. The molecule has 0 saturated heterocycles. The maximum absolute atomic E-state index is 13.1. The molecule has 0 unspecified atom stereocenters. The van der Waals surface area contributed by atoms with Crippen molar-refractivity contribution in [3.05, 3.63) is 76.2 Å². The largest absolute Gasteiger partial charge is 0.336 e. The van der Waals surface area contributed by atoms with Crippen molar-refractivity contribution < 1.29 is 4.79 Å². The Kier molecular flexibility index (Phi) is 5.02. The lowest BCUT2D eigenvalue weighted by atomic mass is 9.88. The van der Waals surface area contributed by atoms with E-state index in [1.807, 2.05) is 34.7 Å². The molecule has 1 fully saturated rings. The third kappa shape index (κ3) is 3.60. The molecule has 7 heteroatoms. The van der Waals surface area contributed by atoms with Crippen LogP contribution in [0.1, 0.15) is 59.9 Å². The fourth-order valence-corrected chi connectivity index (χ4v) is 4.60. The number of carbonyl (C=O) groups excluding carboxylic acids is 1. The summed E-state index contributed by atoms with van der Waals surface area (Å²) in [5, 5.41) is 0. The molecule has 1 aliphatic carbocycles. The number of nitrogens with one attached hydrogen (secondary N) is 1.